The summed E-state index contributed by atoms with van der Waals surface area (Å²) < 4.78 is 6.39. The summed E-state index contributed by atoms with van der Waals surface area (Å²) in [6, 6.07) is 3.75. The smallest absolute Gasteiger partial charge is 0.113 e. The second-order valence-corrected chi connectivity index (χ2v) is 6.44. The van der Waals surface area contributed by atoms with Gasteiger partial charge in [-0.05, 0) is 38.8 Å². The Kier molecular flexibility index (Phi) is 3.29. The lowest BCUT2D eigenvalue weighted by atomic mass is 9.97. The van der Waals surface area contributed by atoms with Crippen molar-refractivity contribution in [3.05, 3.63) is 30.4 Å². The third kappa shape index (κ3) is 3.13. The van der Waals surface area contributed by atoms with Gasteiger partial charge in [0.05, 0.1) is 18.1 Å². The molecule has 0 atom stereocenters. The molecule has 0 unspecified atom stereocenters. The largest absolute Gasteiger partial charge is 0.306 e. The fraction of sp³-hybridized carbons (Fsp3) is 0.333. The first-order valence-corrected chi connectivity index (χ1v) is 6.17. The highest BCUT2D eigenvalue weighted by molar-refractivity contribution is 7.99. The second-order valence-electron chi connectivity index (χ2n) is 4.82. The molecule has 2 radical (unpaired) electrons. The first-order chi connectivity index (χ1) is 7.96. The predicted octanol–water partition coefficient (Wildman–Crippen LogP) is 1.99. The number of hydrogen-bond acceptors (Lipinski definition) is 3. The average molecular weight is 243 g/mol. The summed E-state index contributed by atoms with van der Waals surface area (Å²) >= 11 is 1.53. The quantitative estimate of drug-likeness (QED) is 0.458. The monoisotopic (exact) mass is 243 g/mol. The molecule has 0 aliphatic heterocycles. The Labute approximate surface area is 107 Å². The summed E-state index contributed by atoms with van der Waals surface area (Å²) in [6.07, 6.45) is 5.44. The Morgan fingerprint density at radius 1 is 1.47 bits per heavy atom. The summed E-state index contributed by atoms with van der Waals surface area (Å²) in [4.78, 5) is 4.30. The van der Waals surface area contributed by atoms with E-state index in [-0.39, 0.29) is 4.75 Å². The normalized spacial score (nSPS) is 12.6. The minimum Gasteiger partial charge on any atom is -0.306 e. The molecular weight excluding hydrogens is 229 g/mol. The number of pyridine rings is 1. The SMILES string of the molecule is [B]c1ccn2cnc(/C=N\SC(C)(C)C)c2c1. The molecule has 0 saturated heterocycles. The molecule has 0 saturated carbocycles. The fourth-order valence-electron chi connectivity index (χ4n) is 1.36. The predicted molar refractivity (Wildman–Crippen MR) is 75.5 cm³/mol. The van der Waals surface area contributed by atoms with Crippen LogP contribution < -0.4 is 5.46 Å². The molecule has 5 heteroatoms. The Balaban J connectivity index is 2.27. The molecule has 2 heterocycles. The van der Waals surface area contributed by atoms with E-state index in [1.54, 1.807) is 12.5 Å². The zero-order valence-corrected chi connectivity index (χ0v) is 11.0. The number of rotatable bonds is 2. The lowest BCUT2D eigenvalue weighted by molar-refractivity contribution is 0.804. The number of aromatic nitrogens is 2. The van der Waals surface area contributed by atoms with Crippen molar-refractivity contribution in [2.75, 3.05) is 0 Å². The van der Waals surface area contributed by atoms with Gasteiger partial charge in [-0.1, -0.05) is 11.5 Å². The summed E-state index contributed by atoms with van der Waals surface area (Å²) in [5.41, 5.74) is 2.55. The van der Waals surface area contributed by atoms with Crippen LogP contribution in [0, 0.1) is 0 Å². The van der Waals surface area contributed by atoms with Crippen LogP contribution >= 0.6 is 11.9 Å². The first-order valence-electron chi connectivity index (χ1n) is 5.39. The van der Waals surface area contributed by atoms with Gasteiger partial charge in [-0.15, -0.1) is 0 Å². The molecule has 86 valence electrons. The Morgan fingerprint density at radius 2 is 2.24 bits per heavy atom. The zero-order valence-electron chi connectivity index (χ0n) is 10.2. The molecule has 2 rings (SSSR count). The average Bonchev–Trinajstić information content (AvgIpc) is 2.59. The van der Waals surface area contributed by atoms with Crippen LogP contribution in [0.1, 0.15) is 26.5 Å². The van der Waals surface area contributed by atoms with E-state index in [0.29, 0.717) is 0 Å². The Bertz CT molecular complexity index is 554. The molecule has 17 heavy (non-hydrogen) atoms. The molecule has 0 fully saturated rings. The van der Waals surface area contributed by atoms with E-state index in [1.807, 2.05) is 22.7 Å². The van der Waals surface area contributed by atoms with E-state index in [2.05, 4.69) is 30.2 Å². The fourth-order valence-corrected chi connectivity index (χ4v) is 1.83. The molecular formula is C12H14BN3S. The van der Waals surface area contributed by atoms with Crippen molar-refractivity contribution in [2.24, 2.45) is 4.40 Å². The zero-order chi connectivity index (χ0) is 12.5. The van der Waals surface area contributed by atoms with Crippen molar-refractivity contribution in [3.8, 4) is 0 Å². The summed E-state index contributed by atoms with van der Waals surface area (Å²) in [5.74, 6) is 0. The van der Waals surface area contributed by atoms with E-state index in [4.69, 9.17) is 7.85 Å². The van der Waals surface area contributed by atoms with Crippen LogP contribution in [0.4, 0.5) is 0 Å². The van der Waals surface area contributed by atoms with Gasteiger partial charge >= 0.3 is 0 Å². The third-order valence-electron chi connectivity index (χ3n) is 2.09. The van der Waals surface area contributed by atoms with Gasteiger partial charge in [0.15, 0.2) is 0 Å². The van der Waals surface area contributed by atoms with Gasteiger partial charge in [-0.3, -0.25) is 0 Å². The van der Waals surface area contributed by atoms with Gasteiger partial charge in [0.1, 0.15) is 13.5 Å². The molecule has 0 N–H and O–H groups in total. The minimum atomic E-state index is 0.116. The molecule has 0 amide bonds. The number of fused-ring (bicyclic) bond motifs is 1. The van der Waals surface area contributed by atoms with E-state index in [1.165, 1.54) is 11.9 Å². The highest BCUT2D eigenvalue weighted by Crippen LogP contribution is 2.23. The van der Waals surface area contributed by atoms with Crippen LogP contribution in [-0.2, 0) is 0 Å². The van der Waals surface area contributed by atoms with E-state index in [9.17, 15) is 0 Å². The number of imidazole rings is 1. The van der Waals surface area contributed by atoms with Crippen LogP contribution in [-0.4, -0.2) is 28.2 Å². The maximum atomic E-state index is 5.76. The van der Waals surface area contributed by atoms with Gasteiger partial charge in [-0.2, -0.15) is 0 Å². The number of hydrogen-bond donors (Lipinski definition) is 0. The van der Waals surface area contributed by atoms with E-state index < -0.39 is 0 Å². The summed E-state index contributed by atoms with van der Waals surface area (Å²) in [7, 11) is 5.76. The maximum absolute atomic E-state index is 5.76. The molecule has 0 aliphatic carbocycles. The number of nitrogens with zero attached hydrogens (tertiary/aromatic N) is 3. The van der Waals surface area contributed by atoms with Crippen LogP contribution in [0.25, 0.3) is 5.52 Å². The second kappa shape index (κ2) is 4.57. The topological polar surface area (TPSA) is 29.7 Å². The third-order valence-corrected chi connectivity index (χ3v) is 2.85. The molecule has 0 bridgehead atoms. The van der Waals surface area contributed by atoms with Crippen LogP contribution in [0.15, 0.2) is 29.1 Å². The molecule has 0 aliphatic rings. The highest BCUT2D eigenvalue weighted by atomic mass is 32.2. The minimum absolute atomic E-state index is 0.116. The van der Waals surface area contributed by atoms with Crippen LogP contribution in [0.2, 0.25) is 0 Å². The van der Waals surface area contributed by atoms with Crippen molar-refractivity contribution in [1.82, 2.24) is 9.38 Å². The maximum Gasteiger partial charge on any atom is 0.113 e. The first kappa shape index (κ1) is 12.2. The molecule has 0 aromatic carbocycles. The van der Waals surface area contributed by atoms with E-state index in [0.717, 1.165) is 16.7 Å². The van der Waals surface area contributed by atoms with Crippen molar-refractivity contribution in [2.45, 2.75) is 25.5 Å². The Morgan fingerprint density at radius 3 is 2.94 bits per heavy atom. The molecule has 2 aromatic rings. The van der Waals surface area contributed by atoms with Crippen molar-refractivity contribution in [3.63, 3.8) is 0 Å². The molecule has 2 aromatic heterocycles. The summed E-state index contributed by atoms with van der Waals surface area (Å²) in [5, 5.41) is 0. The van der Waals surface area contributed by atoms with Crippen molar-refractivity contribution in [1.29, 1.82) is 0 Å². The standard InChI is InChI=1S/C12H14BN3S/c1-12(2,3)17-15-7-10-11-6-9(13)4-5-16(11)8-14-10/h4-8H,1-3H3/b15-7-. The van der Waals surface area contributed by atoms with Gasteiger partial charge in [-0.25, -0.2) is 9.38 Å². The van der Waals surface area contributed by atoms with Gasteiger partial charge in [0, 0.05) is 10.9 Å². The van der Waals surface area contributed by atoms with Crippen molar-refractivity contribution < 1.29 is 0 Å². The Hall–Kier alpha value is -1.23. The van der Waals surface area contributed by atoms with Gasteiger partial charge < -0.3 is 4.40 Å². The van der Waals surface area contributed by atoms with E-state index >= 15 is 0 Å². The molecule has 3 nitrogen and oxygen atoms in total. The highest BCUT2D eigenvalue weighted by Gasteiger charge is 2.09. The lowest BCUT2D eigenvalue weighted by Crippen LogP contribution is -2.05. The van der Waals surface area contributed by atoms with Crippen LogP contribution in [0.3, 0.4) is 0 Å². The van der Waals surface area contributed by atoms with Gasteiger partial charge in [0.25, 0.3) is 0 Å². The van der Waals surface area contributed by atoms with Gasteiger partial charge in [0.2, 0.25) is 0 Å². The lowest BCUT2D eigenvalue weighted by Gasteiger charge is -2.11. The summed E-state index contributed by atoms with van der Waals surface area (Å²) in [6.45, 7) is 6.37. The molecule has 0 spiro atoms. The van der Waals surface area contributed by atoms with Crippen LogP contribution in [0.5, 0.6) is 0 Å². The van der Waals surface area contributed by atoms with Crippen molar-refractivity contribution >= 4 is 37.0 Å².